The molecule has 0 aromatic heterocycles. The van der Waals surface area contributed by atoms with Crippen LogP contribution in [0.3, 0.4) is 0 Å². The van der Waals surface area contributed by atoms with Crippen LogP contribution >= 0.6 is 0 Å². The van der Waals surface area contributed by atoms with Gasteiger partial charge in [-0.05, 0) is 21.5 Å². The average Bonchev–Trinajstić information content (AvgIpc) is 2.57. The molecule has 0 aliphatic carbocycles. The Morgan fingerprint density at radius 3 is 1.28 bits per heavy atom. The van der Waals surface area contributed by atoms with E-state index in [0.29, 0.717) is 0 Å². The topological polar surface area (TPSA) is 101 Å². The Labute approximate surface area is 172 Å². The molecule has 0 heterocycles. The molecule has 6 nitrogen and oxygen atoms in total. The molecule has 0 aliphatic heterocycles. The molecule has 0 bridgehead atoms. The van der Waals surface area contributed by atoms with Gasteiger partial charge in [-0.2, -0.15) is 20.4 Å². The van der Waals surface area contributed by atoms with Gasteiger partial charge in [0, 0.05) is 0 Å². The summed E-state index contributed by atoms with van der Waals surface area (Å²) in [7, 11) is 0. The summed E-state index contributed by atoms with van der Waals surface area (Å²) in [5, 5.41) is 14.4. The smallest absolute Gasteiger partial charge is 0.741 e. The molecule has 0 amide bonds. The summed E-state index contributed by atoms with van der Waals surface area (Å²) in [6.45, 7) is 0. The first kappa shape index (κ1) is 22.8. The molecule has 9 heteroatoms. The SMILES string of the molecule is N/C([S-])=N\N=C\c1ccccc1.N/C([S-])=N\N=C\c1ccccc1.[Pt+2]. The summed E-state index contributed by atoms with van der Waals surface area (Å²) in [5.74, 6) is 0. The molecule has 2 aromatic carbocycles. The Kier molecular flexibility index (Phi) is 13.0. The van der Waals surface area contributed by atoms with Gasteiger partial charge in [-0.25, -0.2) is 0 Å². The third kappa shape index (κ3) is 12.9. The van der Waals surface area contributed by atoms with E-state index in [-0.39, 0.29) is 31.4 Å². The fourth-order valence-corrected chi connectivity index (χ4v) is 1.48. The van der Waals surface area contributed by atoms with Crippen LogP contribution < -0.4 is 11.5 Å². The summed E-state index contributed by atoms with van der Waals surface area (Å²) >= 11 is 9.02. The molecule has 0 unspecified atom stereocenters. The molecule has 0 spiro atoms. The zero-order valence-corrected chi connectivity index (χ0v) is 16.9. The van der Waals surface area contributed by atoms with Crippen LogP contribution in [-0.2, 0) is 46.3 Å². The average molecular weight is 552 g/mol. The van der Waals surface area contributed by atoms with E-state index in [4.69, 9.17) is 11.5 Å². The fraction of sp³-hybridized carbons (Fsp3) is 0. The molecule has 0 aliphatic rings. The first-order valence-corrected chi connectivity index (χ1v) is 7.56. The molecule has 0 radical (unpaired) electrons. The molecular weight excluding hydrogens is 535 g/mol. The Balaban J connectivity index is 0.000000443. The molecule has 0 saturated carbocycles. The van der Waals surface area contributed by atoms with Crippen molar-refractivity contribution < 1.29 is 21.1 Å². The van der Waals surface area contributed by atoms with Crippen molar-refractivity contribution in [3.05, 3.63) is 71.8 Å². The third-order valence-corrected chi connectivity index (χ3v) is 2.49. The molecule has 132 valence electrons. The second-order valence-electron chi connectivity index (χ2n) is 4.19. The fourth-order valence-electron chi connectivity index (χ4n) is 1.38. The summed E-state index contributed by atoms with van der Waals surface area (Å²) in [6, 6.07) is 19.2. The van der Waals surface area contributed by atoms with Gasteiger partial charge in [0.15, 0.2) is 0 Å². The Hall–Kier alpha value is -2.15. The van der Waals surface area contributed by atoms with Crippen molar-refractivity contribution in [1.29, 1.82) is 0 Å². The molecular formula is C16H16N6PtS2. The van der Waals surface area contributed by atoms with Gasteiger partial charge in [0.25, 0.3) is 0 Å². The molecule has 2 aromatic rings. The summed E-state index contributed by atoms with van der Waals surface area (Å²) in [4.78, 5) is 0. The van der Waals surface area contributed by atoms with Crippen LogP contribution in [-0.4, -0.2) is 22.8 Å². The third-order valence-electron chi connectivity index (χ3n) is 2.33. The van der Waals surface area contributed by atoms with Crippen molar-refractivity contribution >= 4 is 48.0 Å². The normalized spacial score (nSPS) is 11.7. The second-order valence-corrected chi connectivity index (χ2v) is 5.02. The van der Waals surface area contributed by atoms with Gasteiger partial charge in [-0.1, -0.05) is 60.7 Å². The molecule has 0 saturated heterocycles. The number of nitrogens with two attached hydrogens (primary N) is 2. The number of rotatable bonds is 4. The monoisotopic (exact) mass is 551 g/mol. The minimum absolute atomic E-state index is 0. The molecule has 25 heavy (non-hydrogen) atoms. The molecule has 0 atom stereocenters. The van der Waals surface area contributed by atoms with Gasteiger partial charge in [0.2, 0.25) is 0 Å². The van der Waals surface area contributed by atoms with E-state index >= 15 is 0 Å². The Bertz CT molecular complexity index is 646. The number of hydrogen-bond donors (Lipinski definition) is 2. The quantitative estimate of drug-likeness (QED) is 0.262. The van der Waals surface area contributed by atoms with Crippen LogP contribution in [0.1, 0.15) is 11.1 Å². The zero-order chi connectivity index (χ0) is 17.6. The second kappa shape index (κ2) is 14.2. The first-order chi connectivity index (χ1) is 11.6. The van der Waals surface area contributed by atoms with Gasteiger partial charge < -0.3 is 36.7 Å². The van der Waals surface area contributed by atoms with E-state index < -0.39 is 0 Å². The van der Waals surface area contributed by atoms with Crippen molar-refractivity contribution in [1.82, 2.24) is 0 Å². The van der Waals surface area contributed by atoms with E-state index in [2.05, 4.69) is 45.7 Å². The molecule has 4 N–H and O–H groups in total. The van der Waals surface area contributed by atoms with Crippen LogP contribution in [0.25, 0.3) is 0 Å². The van der Waals surface area contributed by atoms with Crippen LogP contribution in [0.2, 0.25) is 0 Å². The predicted octanol–water partition coefficient (Wildman–Crippen LogP) is 1.76. The Morgan fingerprint density at radius 1 is 0.680 bits per heavy atom. The maximum absolute atomic E-state index is 5.11. The number of hydrogen-bond acceptors (Lipinski definition) is 6. The van der Waals surface area contributed by atoms with Gasteiger partial charge in [-0.15, -0.1) is 0 Å². The number of nitrogens with zero attached hydrogens (tertiary/aromatic N) is 4. The van der Waals surface area contributed by atoms with Gasteiger partial charge in [0.05, 0.1) is 12.4 Å². The summed E-state index contributed by atoms with van der Waals surface area (Å²) < 4.78 is 0. The van der Waals surface area contributed by atoms with Crippen molar-refractivity contribution in [3.63, 3.8) is 0 Å². The first-order valence-electron chi connectivity index (χ1n) is 6.75. The van der Waals surface area contributed by atoms with Crippen molar-refractivity contribution in [2.45, 2.75) is 0 Å². The van der Waals surface area contributed by atoms with Crippen molar-refractivity contribution in [3.8, 4) is 0 Å². The minimum atomic E-state index is 0. The van der Waals surface area contributed by atoms with Crippen LogP contribution in [0.15, 0.2) is 81.1 Å². The number of amidine groups is 2. The van der Waals surface area contributed by atoms with Crippen LogP contribution in [0.4, 0.5) is 0 Å². The summed E-state index contributed by atoms with van der Waals surface area (Å²) in [5.41, 5.74) is 12.2. The van der Waals surface area contributed by atoms with Gasteiger partial charge in [0.1, 0.15) is 0 Å². The molecule has 2 rings (SSSR count). The molecule has 0 fully saturated rings. The predicted molar refractivity (Wildman–Crippen MR) is 106 cm³/mol. The van der Waals surface area contributed by atoms with Gasteiger partial charge in [-0.3, -0.25) is 0 Å². The minimum Gasteiger partial charge on any atom is -0.741 e. The van der Waals surface area contributed by atoms with E-state index in [9.17, 15) is 0 Å². The van der Waals surface area contributed by atoms with E-state index in [1.807, 2.05) is 60.7 Å². The largest absolute Gasteiger partial charge is 2.00 e. The van der Waals surface area contributed by atoms with Gasteiger partial charge >= 0.3 is 21.1 Å². The van der Waals surface area contributed by atoms with Crippen LogP contribution in [0.5, 0.6) is 0 Å². The Morgan fingerprint density at radius 2 is 1.00 bits per heavy atom. The number of benzene rings is 2. The maximum atomic E-state index is 5.11. The van der Waals surface area contributed by atoms with Crippen molar-refractivity contribution in [2.24, 2.45) is 31.9 Å². The van der Waals surface area contributed by atoms with E-state index in [0.717, 1.165) is 11.1 Å². The zero-order valence-electron chi connectivity index (χ0n) is 13.0. The van der Waals surface area contributed by atoms with Crippen LogP contribution in [0, 0.1) is 0 Å². The summed E-state index contributed by atoms with van der Waals surface area (Å²) in [6.07, 6.45) is 3.19. The van der Waals surface area contributed by atoms with Crippen molar-refractivity contribution in [2.75, 3.05) is 0 Å². The maximum Gasteiger partial charge on any atom is 2.00 e. The standard InChI is InChI=1S/2C8H9N3S.Pt/c2*9-8(12)11-10-6-7-4-2-1-3-5-7;/h2*1-6H,(H3,9,11,12);/q;;+2/p-2/b2*10-6+;. The van der Waals surface area contributed by atoms with E-state index in [1.165, 1.54) is 0 Å². The van der Waals surface area contributed by atoms with E-state index in [1.54, 1.807) is 12.4 Å².